The molecule has 8 nitrogen and oxygen atoms in total. The van der Waals surface area contributed by atoms with E-state index in [1.165, 1.54) is 0 Å². The molecule has 4 rings (SSSR count). The summed E-state index contributed by atoms with van der Waals surface area (Å²) >= 11 is 0. The Morgan fingerprint density at radius 1 is 1.02 bits per heavy atom. The van der Waals surface area contributed by atoms with Gasteiger partial charge in [0.25, 0.3) is 5.91 Å². The van der Waals surface area contributed by atoms with Gasteiger partial charge in [0.2, 0.25) is 5.91 Å². The summed E-state index contributed by atoms with van der Waals surface area (Å²) in [6.45, 7) is 8.18. The first-order chi connectivity index (χ1) is 19.8. The highest BCUT2D eigenvalue weighted by molar-refractivity contribution is 6.00. The first kappa shape index (κ1) is 30.1. The normalized spacial score (nSPS) is 14.7. The molecule has 0 unspecified atom stereocenters. The molecule has 1 aliphatic heterocycles. The number of nitrogens with one attached hydrogen (secondary N) is 3. The van der Waals surface area contributed by atoms with E-state index in [2.05, 4.69) is 16.0 Å². The Morgan fingerprint density at radius 3 is 2.44 bits per heavy atom. The number of aliphatic hydroxyl groups excluding tert-OH is 1. The highest BCUT2D eigenvalue weighted by Gasteiger charge is 2.25. The van der Waals surface area contributed by atoms with Gasteiger partial charge in [0.05, 0.1) is 18.2 Å². The number of ether oxygens (including phenoxy) is 1. The molecule has 0 spiro atoms. The molecule has 4 N–H and O–H groups in total. The van der Waals surface area contributed by atoms with Gasteiger partial charge in [0, 0.05) is 49.5 Å². The summed E-state index contributed by atoms with van der Waals surface area (Å²) in [5.74, 6) is 0.596. The maximum atomic E-state index is 13.6. The molecule has 3 aromatic carbocycles. The molecule has 0 aromatic heterocycles. The number of nitrogens with zero attached hydrogens (tertiary/aromatic N) is 1. The minimum absolute atomic E-state index is 0.0653. The van der Waals surface area contributed by atoms with E-state index in [-0.39, 0.29) is 17.9 Å². The lowest BCUT2D eigenvalue weighted by Crippen LogP contribution is -2.48. The standard InChI is InChI=1S/C33H42N4O4/c1-4-35-27-18-26(19-28(20-27)37-16-8-11-32(37)39)33(40)36-30(17-24-9-6-5-7-10-24)31(38)22-34-21-25-12-14-29(15-13-25)41-23(2)3/h5-7,9-10,12-15,18-20,23,30-31,34-35,38H,4,8,11,16-17,21-22H2,1-3H3,(H,36,40)/t30-,31-/m0/s1. The third-order valence-corrected chi connectivity index (χ3v) is 7.00. The van der Waals surface area contributed by atoms with Gasteiger partial charge in [-0.2, -0.15) is 0 Å². The smallest absolute Gasteiger partial charge is 0.251 e. The second-order valence-corrected chi connectivity index (χ2v) is 10.7. The van der Waals surface area contributed by atoms with Gasteiger partial charge in [-0.25, -0.2) is 0 Å². The number of aliphatic hydroxyl groups is 1. The molecule has 0 bridgehead atoms. The molecule has 218 valence electrons. The molecule has 1 heterocycles. The van der Waals surface area contributed by atoms with Gasteiger partial charge in [-0.1, -0.05) is 42.5 Å². The Balaban J connectivity index is 1.46. The second kappa shape index (κ2) is 14.7. The number of anilines is 2. The van der Waals surface area contributed by atoms with Crippen LogP contribution in [0.2, 0.25) is 0 Å². The topological polar surface area (TPSA) is 103 Å². The molecule has 2 amide bonds. The first-order valence-corrected chi connectivity index (χ1v) is 14.5. The number of rotatable bonds is 14. The number of amides is 2. The van der Waals surface area contributed by atoms with Crippen molar-refractivity contribution in [2.24, 2.45) is 0 Å². The number of carbonyl (C=O) groups is 2. The van der Waals surface area contributed by atoms with Crippen LogP contribution in [-0.4, -0.2) is 54.8 Å². The van der Waals surface area contributed by atoms with Gasteiger partial charge in [0.1, 0.15) is 5.75 Å². The van der Waals surface area contributed by atoms with Gasteiger partial charge < -0.3 is 30.7 Å². The Labute approximate surface area is 243 Å². The molecule has 8 heteroatoms. The summed E-state index contributed by atoms with van der Waals surface area (Å²) in [6, 6.07) is 22.6. The summed E-state index contributed by atoms with van der Waals surface area (Å²) in [4.78, 5) is 27.7. The van der Waals surface area contributed by atoms with Crippen LogP contribution in [0.3, 0.4) is 0 Å². The minimum Gasteiger partial charge on any atom is -0.491 e. The van der Waals surface area contributed by atoms with E-state index >= 15 is 0 Å². The van der Waals surface area contributed by atoms with E-state index in [4.69, 9.17) is 4.74 Å². The fourth-order valence-electron chi connectivity index (χ4n) is 4.99. The lowest BCUT2D eigenvalue weighted by Gasteiger charge is -2.25. The van der Waals surface area contributed by atoms with Crippen molar-refractivity contribution in [1.82, 2.24) is 10.6 Å². The maximum Gasteiger partial charge on any atom is 0.251 e. The number of benzene rings is 3. The molecule has 1 saturated heterocycles. The third-order valence-electron chi connectivity index (χ3n) is 7.00. The summed E-state index contributed by atoms with van der Waals surface area (Å²) in [7, 11) is 0. The van der Waals surface area contributed by atoms with E-state index in [0.29, 0.717) is 50.3 Å². The predicted molar refractivity (Wildman–Crippen MR) is 164 cm³/mol. The van der Waals surface area contributed by atoms with Crippen LogP contribution >= 0.6 is 0 Å². The molecule has 0 radical (unpaired) electrons. The van der Waals surface area contributed by atoms with Crippen LogP contribution in [0.1, 0.15) is 55.1 Å². The quantitative estimate of drug-likeness (QED) is 0.232. The van der Waals surface area contributed by atoms with Crippen molar-refractivity contribution in [3.63, 3.8) is 0 Å². The molecule has 41 heavy (non-hydrogen) atoms. The Morgan fingerprint density at radius 2 is 1.78 bits per heavy atom. The Bertz CT molecular complexity index is 1280. The van der Waals surface area contributed by atoms with Gasteiger partial charge in [-0.05, 0) is 75.1 Å². The summed E-state index contributed by atoms with van der Waals surface area (Å²) in [5.41, 5.74) is 4.02. The van der Waals surface area contributed by atoms with Crippen molar-refractivity contribution in [3.8, 4) is 5.75 Å². The van der Waals surface area contributed by atoms with E-state index in [9.17, 15) is 14.7 Å². The Kier molecular flexibility index (Phi) is 10.8. The average molecular weight is 559 g/mol. The minimum atomic E-state index is -0.834. The van der Waals surface area contributed by atoms with Crippen LogP contribution in [0.4, 0.5) is 11.4 Å². The van der Waals surface area contributed by atoms with Crippen molar-refractivity contribution >= 4 is 23.2 Å². The number of hydrogen-bond acceptors (Lipinski definition) is 6. The van der Waals surface area contributed by atoms with Crippen molar-refractivity contribution in [1.29, 1.82) is 0 Å². The molecular weight excluding hydrogens is 516 g/mol. The van der Waals surface area contributed by atoms with Gasteiger partial charge in [0.15, 0.2) is 0 Å². The highest BCUT2D eigenvalue weighted by Crippen LogP contribution is 2.27. The zero-order chi connectivity index (χ0) is 29.2. The van der Waals surface area contributed by atoms with E-state index in [1.807, 2.05) is 81.4 Å². The average Bonchev–Trinajstić information content (AvgIpc) is 3.39. The van der Waals surface area contributed by atoms with Crippen LogP contribution in [0.5, 0.6) is 5.75 Å². The summed E-state index contributed by atoms with van der Waals surface area (Å²) < 4.78 is 5.71. The lowest BCUT2D eigenvalue weighted by atomic mass is 10.00. The molecule has 2 atom stereocenters. The molecular formula is C33H42N4O4. The zero-order valence-electron chi connectivity index (χ0n) is 24.2. The Hall–Kier alpha value is -3.88. The maximum absolute atomic E-state index is 13.6. The molecule has 0 aliphatic carbocycles. The predicted octanol–water partition coefficient (Wildman–Crippen LogP) is 4.52. The fourth-order valence-corrected chi connectivity index (χ4v) is 4.99. The first-order valence-electron chi connectivity index (χ1n) is 14.5. The second-order valence-electron chi connectivity index (χ2n) is 10.7. The van der Waals surface area contributed by atoms with E-state index in [0.717, 1.165) is 29.0 Å². The third kappa shape index (κ3) is 8.80. The highest BCUT2D eigenvalue weighted by atomic mass is 16.5. The van der Waals surface area contributed by atoms with Crippen molar-refractivity contribution in [2.75, 3.05) is 29.9 Å². The van der Waals surface area contributed by atoms with Crippen LogP contribution in [0.25, 0.3) is 0 Å². The molecule has 0 saturated carbocycles. The number of carbonyl (C=O) groups excluding carboxylic acids is 2. The largest absolute Gasteiger partial charge is 0.491 e. The molecule has 3 aromatic rings. The van der Waals surface area contributed by atoms with Crippen LogP contribution in [0.15, 0.2) is 72.8 Å². The van der Waals surface area contributed by atoms with Gasteiger partial charge in [-0.3, -0.25) is 9.59 Å². The molecule has 1 aliphatic rings. The van der Waals surface area contributed by atoms with Crippen LogP contribution < -0.4 is 25.6 Å². The van der Waals surface area contributed by atoms with Crippen LogP contribution in [0, 0.1) is 0 Å². The monoisotopic (exact) mass is 558 g/mol. The summed E-state index contributed by atoms with van der Waals surface area (Å²) in [5, 5.41) is 20.9. The van der Waals surface area contributed by atoms with Gasteiger partial charge >= 0.3 is 0 Å². The SMILES string of the molecule is CCNc1cc(C(=O)N[C@@H](Cc2ccccc2)[C@@H](O)CNCc2ccc(OC(C)C)cc2)cc(N2CCCC2=O)c1. The van der Waals surface area contributed by atoms with Gasteiger partial charge in [-0.15, -0.1) is 0 Å². The van der Waals surface area contributed by atoms with Crippen LogP contribution in [-0.2, 0) is 17.8 Å². The summed E-state index contributed by atoms with van der Waals surface area (Å²) in [6.07, 6.45) is 1.08. The zero-order valence-corrected chi connectivity index (χ0v) is 24.2. The van der Waals surface area contributed by atoms with Crippen molar-refractivity contribution < 1.29 is 19.4 Å². The number of hydrogen-bond donors (Lipinski definition) is 4. The van der Waals surface area contributed by atoms with E-state index < -0.39 is 12.1 Å². The van der Waals surface area contributed by atoms with Crippen molar-refractivity contribution in [2.45, 2.75) is 64.8 Å². The fraction of sp³-hybridized carbons (Fsp3) is 0.394. The van der Waals surface area contributed by atoms with E-state index in [1.54, 1.807) is 17.0 Å². The lowest BCUT2D eigenvalue weighted by molar-refractivity contribution is -0.117. The molecule has 1 fully saturated rings. The van der Waals surface area contributed by atoms with Crippen molar-refractivity contribution in [3.05, 3.63) is 89.5 Å².